The average molecular weight is 389 g/mol. The van der Waals surface area contributed by atoms with Crippen LogP contribution in [0.4, 0.5) is 4.39 Å². The summed E-state index contributed by atoms with van der Waals surface area (Å²) >= 11 is 0. The van der Waals surface area contributed by atoms with Crippen molar-refractivity contribution in [2.75, 3.05) is 0 Å². The van der Waals surface area contributed by atoms with E-state index in [9.17, 15) is 4.39 Å². The Morgan fingerprint density at radius 2 is 2.14 bits per heavy atom. The van der Waals surface area contributed by atoms with E-state index in [0.717, 1.165) is 11.4 Å². The minimum Gasteiger partial charge on any atom is -0.337 e. The van der Waals surface area contributed by atoms with Gasteiger partial charge in [-0.3, -0.25) is 4.57 Å². The molecule has 5 aromatic rings. The molecule has 4 aromatic heterocycles. The molecule has 0 saturated carbocycles. The molecule has 0 atom stereocenters. The molecule has 0 unspecified atom stereocenters. The molecule has 5 heterocycles. The number of imidazole rings is 2. The summed E-state index contributed by atoms with van der Waals surface area (Å²) in [6, 6.07) is 4.55. The van der Waals surface area contributed by atoms with Crippen LogP contribution in [-0.2, 0) is 13.1 Å². The fourth-order valence-electron chi connectivity index (χ4n) is 3.50. The highest BCUT2D eigenvalue weighted by Gasteiger charge is 2.26. The summed E-state index contributed by atoms with van der Waals surface area (Å²) in [5, 5.41) is 8.37. The highest BCUT2D eigenvalue weighted by molar-refractivity contribution is 5.70. The highest BCUT2D eigenvalue weighted by atomic mass is 19.1. The van der Waals surface area contributed by atoms with Crippen molar-refractivity contribution in [1.82, 2.24) is 44.0 Å². The summed E-state index contributed by atoms with van der Waals surface area (Å²) in [4.78, 5) is 17.3. The van der Waals surface area contributed by atoms with Gasteiger partial charge in [0, 0.05) is 18.0 Å². The molecule has 0 N–H and O–H groups in total. The second-order valence-corrected chi connectivity index (χ2v) is 6.56. The van der Waals surface area contributed by atoms with Crippen molar-refractivity contribution in [3.8, 4) is 28.6 Å². The van der Waals surface area contributed by atoms with Crippen molar-refractivity contribution in [1.29, 1.82) is 0 Å². The minimum absolute atomic E-state index is 0.343. The molecule has 0 saturated heterocycles. The van der Waals surface area contributed by atoms with E-state index in [-0.39, 0.29) is 5.82 Å². The summed E-state index contributed by atoms with van der Waals surface area (Å²) in [6.07, 6.45) is 8.29. The van der Waals surface area contributed by atoms with Gasteiger partial charge in [-0.1, -0.05) is 5.16 Å². The first-order valence-electron chi connectivity index (χ1n) is 8.79. The molecule has 29 heavy (non-hydrogen) atoms. The molecule has 0 radical (unpaired) electrons. The third-order valence-corrected chi connectivity index (χ3v) is 4.80. The Kier molecular flexibility index (Phi) is 3.24. The number of nitrogens with zero attached hydrogens (tertiary/aromatic N) is 9. The zero-order chi connectivity index (χ0) is 19.4. The minimum atomic E-state index is -0.343. The lowest BCUT2D eigenvalue weighted by Gasteiger charge is -2.08. The molecule has 1 aliphatic heterocycles. The van der Waals surface area contributed by atoms with Crippen LogP contribution in [0.2, 0.25) is 0 Å². The predicted molar refractivity (Wildman–Crippen MR) is 96.3 cm³/mol. The van der Waals surface area contributed by atoms with Gasteiger partial charge >= 0.3 is 0 Å². The largest absolute Gasteiger partial charge is 0.337 e. The van der Waals surface area contributed by atoms with E-state index in [0.29, 0.717) is 41.9 Å². The van der Waals surface area contributed by atoms with Gasteiger partial charge in [-0.15, -0.1) is 0 Å². The fraction of sp³-hybridized carbons (Fsp3) is 0.111. The van der Waals surface area contributed by atoms with Crippen molar-refractivity contribution >= 4 is 0 Å². The van der Waals surface area contributed by atoms with E-state index < -0.39 is 0 Å². The van der Waals surface area contributed by atoms with E-state index >= 15 is 0 Å². The van der Waals surface area contributed by atoms with Crippen LogP contribution in [-0.4, -0.2) is 44.0 Å². The van der Waals surface area contributed by atoms with Gasteiger partial charge in [0.15, 0.2) is 5.82 Å². The van der Waals surface area contributed by atoms with Crippen molar-refractivity contribution in [3.63, 3.8) is 0 Å². The van der Waals surface area contributed by atoms with Crippen LogP contribution < -0.4 is 0 Å². The van der Waals surface area contributed by atoms with Crippen LogP contribution in [0.3, 0.4) is 0 Å². The van der Waals surface area contributed by atoms with Crippen LogP contribution in [0.15, 0.2) is 54.1 Å². The summed E-state index contributed by atoms with van der Waals surface area (Å²) in [5.41, 5.74) is 2.77. The van der Waals surface area contributed by atoms with Gasteiger partial charge in [0.1, 0.15) is 30.7 Å². The molecule has 0 aliphatic carbocycles. The number of halogens is 1. The summed E-state index contributed by atoms with van der Waals surface area (Å²) < 4.78 is 24.7. The zero-order valence-electron chi connectivity index (χ0n) is 14.8. The van der Waals surface area contributed by atoms with Gasteiger partial charge < -0.3 is 9.09 Å². The number of aromatic nitrogens is 9. The normalized spacial score (nSPS) is 12.3. The molecule has 0 spiro atoms. The smallest absolute Gasteiger partial charge is 0.246 e. The first-order chi connectivity index (χ1) is 14.3. The Bertz CT molecular complexity index is 1330. The molecule has 142 valence electrons. The Hall–Kier alpha value is -4.15. The quantitative estimate of drug-likeness (QED) is 0.455. The molecular formula is C18H12FN9O. The second-order valence-electron chi connectivity index (χ2n) is 6.56. The Balaban J connectivity index is 1.47. The van der Waals surface area contributed by atoms with Crippen LogP contribution >= 0.6 is 0 Å². The molecule has 1 aliphatic rings. The standard InChI is InChI=1S/C18H12FN9O/c19-11-1-2-13-12(5-11)18-21-8-23-28(18)6-14-16(22-10-27(13)14)17-24-15(29-25-17)7-26-4-3-20-9-26/h1-5,8-10H,6-7H2. The van der Waals surface area contributed by atoms with Crippen molar-refractivity contribution in [2.24, 2.45) is 0 Å². The fourth-order valence-corrected chi connectivity index (χ4v) is 3.50. The Morgan fingerprint density at radius 1 is 1.17 bits per heavy atom. The van der Waals surface area contributed by atoms with Crippen molar-refractivity contribution < 1.29 is 8.91 Å². The van der Waals surface area contributed by atoms with Crippen LogP contribution in [0, 0.1) is 5.82 Å². The van der Waals surface area contributed by atoms with E-state index in [1.165, 1.54) is 18.5 Å². The van der Waals surface area contributed by atoms with Crippen LogP contribution in [0.1, 0.15) is 11.6 Å². The molecule has 1 aromatic carbocycles. The molecule has 6 rings (SSSR count). The van der Waals surface area contributed by atoms with E-state index in [4.69, 9.17) is 4.52 Å². The van der Waals surface area contributed by atoms with Gasteiger partial charge in [0.25, 0.3) is 0 Å². The van der Waals surface area contributed by atoms with E-state index in [1.807, 2.05) is 15.3 Å². The monoisotopic (exact) mass is 389 g/mol. The molecule has 0 amide bonds. The first-order valence-corrected chi connectivity index (χ1v) is 8.79. The first kappa shape index (κ1) is 15.9. The highest BCUT2D eigenvalue weighted by Crippen LogP contribution is 2.33. The third-order valence-electron chi connectivity index (χ3n) is 4.80. The van der Waals surface area contributed by atoms with Gasteiger partial charge in [0.2, 0.25) is 11.7 Å². The van der Waals surface area contributed by atoms with Gasteiger partial charge in [-0.2, -0.15) is 10.1 Å². The number of benzene rings is 1. The summed E-state index contributed by atoms with van der Waals surface area (Å²) in [5.74, 6) is 1.06. The maximum absolute atomic E-state index is 13.9. The lowest BCUT2D eigenvalue weighted by Crippen LogP contribution is -2.06. The lowest BCUT2D eigenvalue weighted by atomic mass is 10.1. The van der Waals surface area contributed by atoms with Gasteiger partial charge in [0.05, 0.1) is 24.3 Å². The number of rotatable bonds is 3. The molecule has 10 nitrogen and oxygen atoms in total. The van der Waals surface area contributed by atoms with E-state index in [1.54, 1.807) is 29.6 Å². The third kappa shape index (κ3) is 2.47. The van der Waals surface area contributed by atoms with Crippen LogP contribution in [0.5, 0.6) is 0 Å². The molecular weight excluding hydrogens is 377 g/mol. The summed E-state index contributed by atoms with van der Waals surface area (Å²) in [6.45, 7) is 0.796. The molecule has 11 heteroatoms. The second kappa shape index (κ2) is 5.92. The van der Waals surface area contributed by atoms with Crippen molar-refractivity contribution in [2.45, 2.75) is 13.1 Å². The maximum Gasteiger partial charge on any atom is 0.246 e. The Morgan fingerprint density at radius 3 is 3.03 bits per heavy atom. The van der Waals surface area contributed by atoms with Crippen molar-refractivity contribution in [3.05, 3.63) is 67.0 Å². The molecule has 0 fully saturated rings. The number of hydrogen-bond donors (Lipinski definition) is 0. The van der Waals surface area contributed by atoms with Gasteiger partial charge in [-0.25, -0.2) is 24.0 Å². The maximum atomic E-state index is 13.9. The Labute approximate surface area is 162 Å². The SMILES string of the molecule is Fc1ccc2c(c1)-c1ncnn1Cc1c(-c3noc(Cn4ccnc4)n3)ncn1-2. The van der Waals surface area contributed by atoms with Crippen LogP contribution in [0.25, 0.3) is 28.6 Å². The number of fused-ring (bicyclic) bond motifs is 5. The lowest BCUT2D eigenvalue weighted by molar-refractivity contribution is 0.371. The topological polar surface area (TPSA) is 105 Å². The predicted octanol–water partition coefficient (Wildman–Crippen LogP) is 1.93. The average Bonchev–Trinajstić information content (AvgIpc) is 3.50. The number of hydrogen-bond acceptors (Lipinski definition) is 7. The van der Waals surface area contributed by atoms with E-state index in [2.05, 4.69) is 30.2 Å². The van der Waals surface area contributed by atoms with Gasteiger partial charge in [-0.05, 0) is 18.2 Å². The molecule has 0 bridgehead atoms. The zero-order valence-corrected chi connectivity index (χ0v) is 14.8. The summed E-state index contributed by atoms with van der Waals surface area (Å²) in [7, 11) is 0.